The van der Waals surface area contributed by atoms with Crippen LogP contribution in [-0.2, 0) is 14.8 Å². The van der Waals surface area contributed by atoms with E-state index in [1.165, 1.54) is 0 Å². The first-order chi connectivity index (χ1) is 11.4. The van der Waals surface area contributed by atoms with Crippen molar-refractivity contribution >= 4 is 28.3 Å². The van der Waals surface area contributed by atoms with Gasteiger partial charge in [-0.2, -0.15) is 4.31 Å². The molecule has 0 aromatic rings. The number of carbonyl (C=O) groups excluding carboxylic acids is 1. The molecular weight excluding hydrogens is 362 g/mol. The van der Waals surface area contributed by atoms with Gasteiger partial charge in [-0.3, -0.25) is 4.79 Å². The highest BCUT2D eigenvalue weighted by molar-refractivity contribution is 7.89. The zero-order valence-electron chi connectivity index (χ0n) is 15.3. The van der Waals surface area contributed by atoms with Crippen molar-refractivity contribution in [2.24, 2.45) is 5.92 Å². The van der Waals surface area contributed by atoms with E-state index in [1.807, 2.05) is 18.7 Å². The van der Waals surface area contributed by atoms with Crippen molar-refractivity contribution in [3.05, 3.63) is 0 Å². The molecule has 146 valence electrons. The summed E-state index contributed by atoms with van der Waals surface area (Å²) in [5.74, 6) is 0.318. The lowest BCUT2D eigenvalue weighted by atomic mass is 10.0. The minimum absolute atomic E-state index is 0. The monoisotopic (exact) mass is 393 g/mol. The molecule has 1 aliphatic carbocycles. The number of sulfonamides is 1. The standard InChI is InChI=1S/C17H31N3O3S.ClH/c1-13-11-20(14(2)10-18-13)24(22,23)16-8-5-9-19(12-16)17(21)15-6-3-4-7-15;/h13-16,18H,3-12H2,1-2H3;1H. The molecule has 0 aromatic heterocycles. The van der Waals surface area contributed by atoms with Gasteiger partial charge in [0.05, 0.1) is 5.25 Å². The Labute approximate surface area is 158 Å². The summed E-state index contributed by atoms with van der Waals surface area (Å²) in [4.78, 5) is 14.5. The maximum absolute atomic E-state index is 13.1. The quantitative estimate of drug-likeness (QED) is 0.790. The summed E-state index contributed by atoms with van der Waals surface area (Å²) >= 11 is 0. The van der Waals surface area contributed by atoms with Crippen molar-refractivity contribution in [1.29, 1.82) is 0 Å². The van der Waals surface area contributed by atoms with Gasteiger partial charge in [0.25, 0.3) is 0 Å². The molecule has 8 heteroatoms. The first kappa shape index (κ1) is 20.9. The van der Waals surface area contributed by atoms with E-state index in [0.29, 0.717) is 26.1 Å². The zero-order chi connectivity index (χ0) is 17.3. The van der Waals surface area contributed by atoms with Crippen molar-refractivity contribution < 1.29 is 13.2 Å². The average Bonchev–Trinajstić information content (AvgIpc) is 3.11. The van der Waals surface area contributed by atoms with E-state index in [0.717, 1.165) is 38.6 Å². The number of carbonyl (C=O) groups is 1. The lowest BCUT2D eigenvalue weighted by molar-refractivity contribution is -0.136. The van der Waals surface area contributed by atoms with Gasteiger partial charge in [-0.1, -0.05) is 12.8 Å². The van der Waals surface area contributed by atoms with Crippen molar-refractivity contribution in [2.75, 3.05) is 26.2 Å². The van der Waals surface area contributed by atoms with E-state index in [4.69, 9.17) is 0 Å². The molecular formula is C17H32ClN3O3S. The molecule has 3 fully saturated rings. The van der Waals surface area contributed by atoms with Gasteiger partial charge in [-0.15, -0.1) is 12.4 Å². The van der Waals surface area contributed by atoms with Crippen molar-refractivity contribution in [1.82, 2.24) is 14.5 Å². The van der Waals surface area contributed by atoms with Crippen LogP contribution in [-0.4, -0.2) is 67.0 Å². The van der Waals surface area contributed by atoms with Gasteiger partial charge in [0.2, 0.25) is 15.9 Å². The molecule has 2 saturated heterocycles. The highest BCUT2D eigenvalue weighted by Gasteiger charge is 2.41. The second-order valence-electron chi connectivity index (χ2n) is 7.80. The Morgan fingerprint density at radius 2 is 1.72 bits per heavy atom. The van der Waals surface area contributed by atoms with Gasteiger partial charge < -0.3 is 10.2 Å². The fraction of sp³-hybridized carbons (Fsp3) is 0.941. The molecule has 6 nitrogen and oxygen atoms in total. The summed E-state index contributed by atoms with van der Waals surface area (Å²) in [5, 5.41) is 2.89. The number of piperazine rings is 1. The summed E-state index contributed by atoms with van der Waals surface area (Å²) in [6.45, 7) is 6.29. The molecule has 2 aliphatic heterocycles. The number of halogens is 1. The number of piperidine rings is 1. The molecule has 0 aromatic carbocycles. The predicted molar refractivity (Wildman–Crippen MR) is 101 cm³/mol. The van der Waals surface area contributed by atoms with Gasteiger partial charge in [0, 0.05) is 44.2 Å². The number of nitrogens with zero attached hydrogens (tertiary/aromatic N) is 2. The maximum Gasteiger partial charge on any atom is 0.225 e. The largest absolute Gasteiger partial charge is 0.341 e. The Kier molecular flexibility index (Phi) is 7.16. The second kappa shape index (κ2) is 8.55. The molecule has 3 rings (SSSR count). The number of hydrogen-bond acceptors (Lipinski definition) is 4. The summed E-state index contributed by atoms with van der Waals surface area (Å²) < 4.78 is 28.0. The molecule has 0 bridgehead atoms. The fourth-order valence-corrected chi connectivity index (χ4v) is 6.57. The highest BCUT2D eigenvalue weighted by Crippen LogP contribution is 2.29. The molecule has 3 aliphatic rings. The summed E-state index contributed by atoms with van der Waals surface area (Å²) in [5.41, 5.74) is 0. The Morgan fingerprint density at radius 3 is 2.40 bits per heavy atom. The van der Waals surface area contributed by atoms with Crippen LogP contribution in [0.4, 0.5) is 0 Å². The minimum atomic E-state index is -3.36. The van der Waals surface area contributed by atoms with Gasteiger partial charge in [0.1, 0.15) is 0 Å². The third-order valence-corrected chi connectivity index (χ3v) is 8.24. The van der Waals surface area contributed by atoms with Crippen LogP contribution in [0.5, 0.6) is 0 Å². The van der Waals surface area contributed by atoms with Crippen LogP contribution in [0.25, 0.3) is 0 Å². The number of likely N-dealkylation sites (tertiary alicyclic amines) is 1. The Morgan fingerprint density at radius 1 is 1.04 bits per heavy atom. The van der Waals surface area contributed by atoms with Crippen LogP contribution < -0.4 is 5.32 Å². The van der Waals surface area contributed by atoms with E-state index in [2.05, 4.69) is 5.32 Å². The lowest BCUT2D eigenvalue weighted by Gasteiger charge is -2.41. The second-order valence-corrected chi connectivity index (χ2v) is 9.97. The molecule has 0 spiro atoms. The van der Waals surface area contributed by atoms with Gasteiger partial charge in [-0.05, 0) is 39.5 Å². The van der Waals surface area contributed by atoms with E-state index in [-0.39, 0.29) is 36.3 Å². The topological polar surface area (TPSA) is 69.7 Å². The lowest BCUT2D eigenvalue weighted by Crippen LogP contribution is -2.59. The van der Waals surface area contributed by atoms with E-state index in [1.54, 1.807) is 4.31 Å². The van der Waals surface area contributed by atoms with Crippen LogP contribution >= 0.6 is 12.4 Å². The fourth-order valence-electron chi connectivity index (χ4n) is 4.35. The Balaban J connectivity index is 0.00000225. The number of hydrogen-bond donors (Lipinski definition) is 1. The molecule has 3 atom stereocenters. The summed E-state index contributed by atoms with van der Waals surface area (Å²) in [6.07, 6.45) is 5.66. The summed E-state index contributed by atoms with van der Waals surface area (Å²) in [7, 11) is -3.36. The molecule has 0 radical (unpaired) electrons. The Bertz CT molecular complexity index is 565. The molecule has 1 amide bonds. The number of amides is 1. The van der Waals surface area contributed by atoms with E-state index >= 15 is 0 Å². The first-order valence-corrected chi connectivity index (χ1v) is 10.9. The third-order valence-electron chi connectivity index (χ3n) is 5.85. The number of nitrogens with one attached hydrogen (secondary N) is 1. The SMILES string of the molecule is CC1CN(S(=O)(=O)C2CCCN(C(=O)C3CCCC3)C2)C(C)CN1.Cl. The van der Waals surface area contributed by atoms with Crippen LogP contribution in [0.1, 0.15) is 52.4 Å². The Hall–Kier alpha value is -0.370. The van der Waals surface area contributed by atoms with Crippen LogP contribution in [0, 0.1) is 5.92 Å². The number of rotatable bonds is 3. The van der Waals surface area contributed by atoms with Crippen LogP contribution in [0.2, 0.25) is 0 Å². The molecule has 1 saturated carbocycles. The van der Waals surface area contributed by atoms with Gasteiger partial charge in [0.15, 0.2) is 0 Å². The van der Waals surface area contributed by atoms with Crippen LogP contribution in [0.3, 0.4) is 0 Å². The minimum Gasteiger partial charge on any atom is -0.341 e. The summed E-state index contributed by atoms with van der Waals surface area (Å²) in [6, 6.07) is 0.155. The molecule has 1 N–H and O–H groups in total. The van der Waals surface area contributed by atoms with E-state index in [9.17, 15) is 13.2 Å². The van der Waals surface area contributed by atoms with Crippen molar-refractivity contribution in [3.8, 4) is 0 Å². The zero-order valence-corrected chi connectivity index (χ0v) is 16.9. The normalized spacial score (nSPS) is 32.4. The van der Waals surface area contributed by atoms with Crippen molar-refractivity contribution in [2.45, 2.75) is 69.7 Å². The van der Waals surface area contributed by atoms with E-state index < -0.39 is 15.3 Å². The van der Waals surface area contributed by atoms with Gasteiger partial charge >= 0.3 is 0 Å². The maximum atomic E-state index is 13.1. The first-order valence-electron chi connectivity index (χ1n) is 9.42. The average molecular weight is 394 g/mol. The molecule has 2 heterocycles. The predicted octanol–water partition coefficient (Wildman–Crippen LogP) is 1.60. The smallest absolute Gasteiger partial charge is 0.225 e. The van der Waals surface area contributed by atoms with Crippen molar-refractivity contribution in [3.63, 3.8) is 0 Å². The van der Waals surface area contributed by atoms with Crippen LogP contribution in [0.15, 0.2) is 0 Å². The third kappa shape index (κ3) is 4.49. The van der Waals surface area contributed by atoms with Gasteiger partial charge in [-0.25, -0.2) is 8.42 Å². The highest BCUT2D eigenvalue weighted by atomic mass is 35.5. The molecule has 25 heavy (non-hydrogen) atoms. The molecule has 3 unspecified atom stereocenters.